The molecule has 0 amide bonds. The fraction of sp³-hybridized carbons (Fsp3) is 0.143. The third kappa shape index (κ3) is 3.02. The Balaban J connectivity index is 1.67. The first kappa shape index (κ1) is 13.2. The average molecular weight is 286 g/mol. The Kier molecular flexibility index (Phi) is 3.55. The van der Waals surface area contributed by atoms with Gasteiger partial charge in [-0.15, -0.1) is 10.2 Å². The first-order valence-electron chi connectivity index (χ1n) is 6.29. The van der Waals surface area contributed by atoms with Gasteiger partial charge < -0.3 is 4.42 Å². The molecule has 3 rings (SSSR count). The van der Waals surface area contributed by atoms with Crippen LogP contribution < -0.4 is 0 Å². The largest absolute Gasteiger partial charge is 0.461 e. The van der Waals surface area contributed by atoms with E-state index >= 15 is 0 Å². The Bertz CT molecular complexity index is 752. The molecule has 3 aromatic rings. The van der Waals surface area contributed by atoms with Gasteiger partial charge in [-0.05, 0) is 29.0 Å². The van der Waals surface area contributed by atoms with Crippen molar-refractivity contribution < 1.29 is 13.6 Å². The van der Waals surface area contributed by atoms with Crippen molar-refractivity contribution in [3.05, 3.63) is 54.0 Å². The number of tetrazole rings is 1. The van der Waals surface area contributed by atoms with Crippen molar-refractivity contribution in [2.45, 2.75) is 13.0 Å². The number of halogens is 1. The number of benzene rings is 1. The molecule has 0 saturated carbocycles. The van der Waals surface area contributed by atoms with Crippen LogP contribution in [-0.4, -0.2) is 26.0 Å². The van der Waals surface area contributed by atoms with Gasteiger partial charge >= 0.3 is 0 Å². The molecule has 1 aromatic carbocycles. The van der Waals surface area contributed by atoms with Crippen molar-refractivity contribution in [2.75, 3.05) is 0 Å². The van der Waals surface area contributed by atoms with Gasteiger partial charge in [0.25, 0.3) is 0 Å². The quantitative estimate of drug-likeness (QED) is 0.716. The third-order valence-corrected chi connectivity index (χ3v) is 2.86. The van der Waals surface area contributed by atoms with Crippen LogP contribution in [0.3, 0.4) is 0 Å². The van der Waals surface area contributed by atoms with Gasteiger partial charge in [-0.1, -0.05) is 18.2 Å². The molecule has 0 aliphatic carbocycles. The second kappa shape index (κ2) is 5.66. The lowest BCUT2D eigenvalue weighted by molar-refractivity contribution is -0.119. The minimum atomic E-state index is -0.395. The number of hydrogen-bond donors (Lipinski definition) is 0. The molecule has 6 nitrogen and oxygen atoms in total. The van der Waals surface area contributed by atoms with E-state index in [4.69, 9.17) is 4.42 Å². The van der Waals surface area contributed by atoms with Crippen LogP contribution >= 0.6 is 0 Å². The summed E-state index contributed by atoms with van der Waals surface area (Å²) in [5, 5.41) is 11.6. The van der Waals surface area contributed by atoms with Crippen LogP contribution in [0.25, 0.3) is 11.6 Å². The smallest absolute Gasteiger partial charge is 0.240 e. The summed E-state index contributed by atoms with van der Waals surface area (Å²) >= 11 is 0. The normalized spacial score (nSPS) is 10.7. The number of aromatic nitrogens is 4. The standard InChI is InChI=1S/C14H11FN4O2/c15-12-5-2-1-4-10(12)8-11(20)9-19-17-14(16-18-19)13-6-3-7-21-13/h1-7H,8-9H2. The van der Waals surface area contributed by atoms with Gasteiger partial charge in [-0.3, -0.25) is 4.79 Å². The zero-order valence-corrected chi connectivity index (χ0v) is 10.9. The lowest BCUT2D eigenvalue weighted by atomic mass is 10.1. The Morgan fingerprint density at radius 3 is 2.86 bits per heavy atom. The number of rotatable bonds is 5. The third-order valence-electron chi connectivity index (χ3n) is 2.86. The predicted molar refractivity (Wildman–Crippen MR) is 70.6 cm³/mol. The van der Waals surface area contributed by atoms with Crippen LogP contribution in [0.2, 0.25) is 0 Å². The van der Waals surface area contributed by atoms with E-state index in [1.807, 2.05) is 0 Å². The molecule has 0 bridgehead atoms. The zero-order chi connectivity index (χ0) is 14.7. The zero-order valence-electron chi connectivity index (χ0n) is 10.9. The predicted octanol–water partition coefficient (Wildman–Crippen LogP) is 1.88. The molecule has 21 heavy (non-hydrogen) atoms. The van der Waals surface area contributed by atoms with Crippen molar-refractivity contribution in [2.24, 2.45) is 0 Å². The Hall–Kier alpha value is -2.83. The van der Waals surface area contributed by atoms with Crippen molar-refractivity contribution in [1.29, 1.82) is 0 Å². The summed E-state index contributed by atoms with van der Waals surface area (Å²) in [7, 11) is 0. The molecule has 2 aromatic heterocycles. The second-order valence-corrected chi connectivity index (χ2v) is 4.43. The minimum absolute atomic E-state index is 0.00962. The molecule has 0 aliphatic rings. The first-order chi connectivity index (χ1) is 10.2. The van der Waals surface area contributed by atoms with E-state index in [0.717, 1.165) is 0 Å². The summed E-state index contributed by atoms with van der Waals surface area (Å²) in [6.45, 7) is -0.0674. The molecule has 0 spiro atoms. The maximum Gasteiger partial charge on any atom is 0.240 e. The average Bonchev–Trinajstić information content (AvgIpc) is 3.12. The minimum Gasteiger partial charge on any atom is -0.461 e. The Morgan fingerprint density at radius 2 is 2.10 bits per heavy atom. The lowest BCUT2D eigenvalue weighted by Gasteiger charge is -2.01. The van der Waals surface area contributed by atoms with Gasteiger partial charge in [0.05, 0.1) is 6.26 Å². The SMILES string of the molecule is O=C(Cc1ccccc1F)Cn1nnc(-c2ccco2)n1. The van der Waals surface area contributed by atoms with Gasteiger partial charge in [0.15, 0.2) is 11.5 Å². The highest BCUT2D eigenvalue weighted by Gasteiger charge is 2.12. The Labute approximate surface area is 119 Å². The molecule has 7 heteroatoms. The van der Waals surface area contributed by atoms with E-state index in [9.17, 15) is 9.18 Å². The molecule has 106 valence electrons. The topological polar surface area (TPSA) is 73.8 Å². The summed E-state index contributed by atoms with van der Waals surface area (Å²) in [5.74, 6) is 0.179. The van der Waals surface area contributed by atoms with Gasteiger partial charge in [0.2, 0.25) is 5.82 Å². The van der Waals surface area contributed by atoms with E-state index in [-0.39, 0.29) is 18.7 Å². The van der Waals surface area contributed by atoms with Crippen molar-refractivity contribution in [1.82, 2.24) is 20.2 Å². The van der Waals surface area contributed by atoms with Crippen LogP contribution in [0.1, 0.15) is 5.56 Å². The molecular formula is C14H11FN4O2. The highest BCUT2D eigenvalue weighted by atomic mass is 19.1. The van der Waals surface area contributed by atoms with E-state index < -0.39 is 5.82 Å². The number of carbonyl (C=O) groups is 1. The number of carbonyl (C=O) groups excluding carboxylic acids is 1. The number of hydrogen-bond acceptors (Lipinski definition) is 5. The molecule has 0 aliphatic heterocycles. The summed E-state index contributed by atoms with van der Waals surface area (Å²) < 4.78 is 18.6. The second-order valence-electron chi connectivity index (χ2n) is 4.43. The van der Waals surface area contributed by atoms with Gasteiger partial charge in [0.1, 0.15) is 12.4 Å². The molecule has 0 atom stereocenters. The number of nitrogens with zero attached hydrogens (tertiary/aromatic N) is 4. The summed E-state index contributed by atoms with van der Waals surface area (Å²) in [6, 6.07) is 9.58. The van der Waals surface area contributed by atoms with Crippen LogP contribution in [-0.2, 0) is 17.8 Å². The van der Waals surface area contributed by atoms with Crippen molar-refractivity contribution in [3.8, 4) is 11.6 Å². The van der Waals surface area contributed by atoms with Gasteiger partial charge in [-0.2, -0.15) is 4.80 Å². The molecular weight excluding hydrogens is 275 g/mol. The summed E-state index contributed by atoms with van der Waals surface area (Å²) in [5.41, 5.74) is 0.355. The molecule has 0 saturated heterocycles. The van der Waals surface area contributed by atoms with Gasteiger partial charge in [-0.25, -0.2) is 4.39 Å². The number of ketones is 1. The monoisotopic (exact) mass is 286 g/mol. The van der Waals surface area contributed by atoms with E-state index in [0.29, 0.717) is 17.1 Å². The molecule has 0 radical (unpaired) electrons. The van der Waals surface area contributed by atoms with Crippen LogP contribution in [0.4, 0.5) is 4.39 Å². The lowest BCUT2D eigenvalue weighted by Crippen LogP contribution is -2.15. The number of furan rings is 1. The molecule has 0 fully saturated rings. The Morgan fingerprint density at radius 1 is 1.24 bits per heavy atom. The van der Waals surface area contributed by atoms with Crippen LogP contribution in [0.5, 0.6) is 0 Å². The molecule has 0 unspecified atom stereocenters. The van der Waals surface area contributed by atoms with E-state index in [1.165, 1.54) is 17.1 Å². The summed E-state index contributed by atoms with van der Waals surface area (Å²) in [4.78, 5) is 13.1. The maximum absolute atomic E-state index is 13.5. The number of Topliss-reactive ketones (excluding diaryl/α,β-unsaturated/α-hetero) is 1. The summed E-state index contributed by atoms with van der Waals surface area (Å²) in [6.07, 6.45) is 1.49. The van der Waals surface area contributed by atoms with Crippen molar-refractivity contribution >= 4 is 5.78 Å². The molecule has 0 N–H and O–H groups in total. The fourth-order valence-corrected chi connectivity index (χ4v) is 1.88. The van der Waals surface area contributed by atoms with E-state index in [2.05, 4.69) is 15.4 Å². The first-order valence-corrected chi connectivity index (χ1v) is 6.29. The highest BCUT2D eigenvalue weighted by Crippen LogP contribution is 2.13. The van der Waals surface area contributed by atoms with Gasteiger partial charge in [0, 0.05) is 6.42 Å². The maximum atomic E-state index is 13.5. The van der Waals surface area contributed by atoms with Crippen LogP contribution in [0, 0.1) is 5.82 Å². The van der Waals surface area contributed by atoms with E-state index in [1.54, 1.807) is 30.3 Å². The van der Waals surface area contributed by atoms with Crippen molar-refractivity contribution in [3.63, 3.8) is 0 Å². The highest BCUT2D eigenvalue weighted by molar-refractivity contribution is 5.80. The van der Waals surface area contributed by atoms with Crippen LogP contribution in [0.15, 0.2) is 47.1 Å². The fourth-order valence-electron chi connectivity index (χ4n) is 1.88. The molecule has 2 heterocycles.